The molecule has 4 N–H and O–H groups in total. The van der Waals surface area contributed by atoms with Crippen LogP contribution in [-0.4, -0.2) is 57.6 Å². The van der Waals surface area contributed by atoms with Crippen LogP contribution >= 0.6 is 0 Å². The second-order valence-electron chi connectivity index (χ2n) is 8.73. The maximum Gasteiger partial charge on any atom is 0.225 e. The molecule has 2 aromatic carbocycles. The molecule has 2 bridgehead atoms. The van der Waals surface area contributed by atoms with Gasteiger partial charge in [-0.3, -0.25) is 0 Å². The highest BCUT2D eigenvalue weighted by atomic mass is 16.8. The second-order valence-corrected chi connectivity index (χ2v) is 8.73. The number of aliphatic hydroxyl groups is 4. The van der Waals surface area contributed by atoms with Crippen molar-refractivity contribution in [2.24, 2.45) is 0 Å². The van der Waals surface area contributed by atoms with Crippen LogP contribution in [0.2, 0.25) is 0 Å². The van der Waals surface area contributed by atoms with Crippen molar-refractivity contribution in [3.8, 4) is 0 Å². The van der Waals surface area contributed by atoms with Crippen LogP contribution in [0.5, 0.6) is 0 Å². The molecule has 3 aromatic rings. The molecular weight excluding hydrogens is 400 g/mol. The van der Waals surface area contributed by atoms with Crippen LogP contribution in [0.3, 0.4) is 0 Å². The van der Waals surface area contributed by atoms with Gasteiger partial charge >= 0.3 is 0 Å². The summed E-state index contributed by atoms with van der Waals surface area (Å²) in [7, 11) is 0. The molecule has 0 amide bonds. The smallest absolute Gasteiger partial charge is 0.225 e. The van der Waals surface area contributed by atoms with Gasteiger partial charge in [-0.15, -0.1) is 0 Å². The Kier molecular flexibility index (Phi) is 4.75. The van der Waals surface area contributed by atoms with E-state index >= 15 is 0 Å². The van der Waals surface area contributed by atoms with Gasteiger partial charge in [0.25, 0.3) is 0 Å². The average molecular weight is 426 g/mol. The number of benzene rings is 2. The molecule has 5 rings (SSSR count). The molecule has 2 fully saturated rings. The zero-order valence-electron chi connectivity index (χ0n) is 17.4. The molecule has 7 nitrogen and oxygen atoms in total. The number of fused-ring (bicyclic) bond motifs is 3. The lowest BCUT2D eigenvalue weighted by Gasteiger charge is -2.46. The molecule has 0 radical (unpaired) electrons. The summed E-state index contributed by atoms with van der Waals surface area (Å²) >= 11 is 0. The molecule has 0 aliphatic carbocycles. The number of ether oxygens (including phenoxy) is 2. The van der Waals surface area contributed by atoms with Gasteiger partial charge < -0.3 is 34.3 Å². The third kappa shape index (κ3) is 3.04. The van der Waals surface area contributed by atoms with Crippen molar-refractivity contribution in [3.05, 3.63) is 70.5 Å². The van der Waals surface area contributed by atoms with Gasteiger partial charge in [0.1, 0.15) is 35.3 Å². The summed E-state index contributed by atoms with van der Waals surface area (Å²) in [5.41, 5.74) is 2.97. The maximum atomic E-state index is 10.8. The molecule has 164 valence electrons. The summed E-state index contributed by atoms with van der Waals surface area (Å²) in [5, 5.41) is 42.4. The SMILES string of the molecule is Cc1ccc2oc(Cc3cc([C@]45OC[C@](CO)(O4)[C@@H](O)[C@H](O)[C@H]5O)ccc3C)cc2c1. The van der Waals surface area contributed by atoms with Crippen molar-refractivity contribution >= 4 is 11.0 Å². The summed E-state index contributed by atoms with van der Waals surface area (Å²) in [6, 6.07) is 13.6. The fraction of sp³-hybridized carbons (Fsp3) is 0.417. The lowest BCUT2D eigenvalue weighted by Crippen LogP contribution is -2.65. The number of hydrogen-bond acceptors (Lipinski definition) is 7. The van der Waals surface area contributed by atoms with E-state index in [1.807, 2.05) is 44.2 Å². The standard InChI is InChI=1S/C24H26O7/c1-13-3-6-19-16(7-13)10-18(30-19)9-15-8-17(5-4-14(15)2)24-22(28)20(26)21(27)23(11-25,31-24)12-29-24/h3-8,10,20-22,25-28H,9,11-12H2,1-2H3/t20-,21-,22+,23-,24-/m0/s1. The van der Waals surface area contributed by atoms with E-state index in [1.54, 1.807) is 6.07 Å². The summed E-state index contributed by atoms with van der Waals surface area (Å²) in [4.78, 5) is 0. The minimum atomic E-state index is -1.67. The molecule has 31 heavy (non-hydrogen) atoms. The predicted molar refractivity (Wildman–Crippen MR) is 111 cm³/mol. The quantitative estimate of drug-likeness (QED) is 0.502. The zero-order chi connectivity index (χ0) is 22.0. The number of aliphatic hydroxyl groups excluding tert-OH is 4. The summed E-state index contributed by atoms with van der Waals surface area (Å²) < 4.78 is 17.8. The normalized spacial score (nSPS) is 32.6. The fourth-order valence-electron chi connectivity index (χ4n) is 4.65. The zero-order valence-corrected chi connectivity index (χ0v) is 17.4. The Hall–Kier alpha value is -2.26. The largest absolute Gasteiger partial charge is 0.461 e. The molecule has 5 atom stereocenters. The van der Waals surface area contributed by atoms with E-state index in [2.05, 4.69) is 6.07 Å². The van der Waals surface area contributed by atoms with E-state index in [-0.39, 0.29) is 6.61 Å². The first-order valence-corrected chi connectivity index (χ1v) is 10.4. The first-order valence-electron chi connectivity index (χ1n) is 10.4. The first-order chi connectivity index (χ1) is 14.8. The molecule has 1 aromatic heterocycles. The van der Waals surface area contributed by atoms with Crippen LogP contribution < -0.4 is 0 Å². The Morgan fingerprint density at radius 1 is 1.00 bits per heavy atom. The monoisotopic (exact) mass is 426 g/mol. The third-order valence-electron chi connectivity index (χ3n) is 6.57. The van der Waals surface area contributed by atoms with Crippen LogP contribution in [0.15, 0.2) is 46.9 Å². The molecular formula is C24H26O7. The van der Waals surface area contributed by atoms with Gasteiger partial charge in [0.05, 0.1) is 13.2 Å². The number of rotatable bonds is 4. The van der Waals surface area contributed by atoms with Crippen molar-refractivity contribution in [1.29, 1.82) is 0 Å². The van der Waals surface area contributed by atoms with E-state index < -0.39 is 36.3 Å². The summed E-state index contributed by atoms with van der Waals surface area (Å²) in [6.45, 7) is 3.32. The Balaban J connectivity index is 1.52. The van der Waals surface area contributed by atoms with Gasteiger partial charge in [0, 0.05) is 17.4 Å². The maximum absolute atomic E-state index is 10.8. The van der Waals surface area contributed by atoms with Gasteiger partial charge in [-0.2, -0.15) is 0 Å². The molecule has 0 saturated carbocycles. The van der Waals surface area contributed by atoms with Crippen molar-refractivity contribution < 1.29 is 34.3 Å². The van der Waals surface area contributed by atoms with E-state index in [4.69, 9.17) is 13.9 Å². The van der Waals surface area contributed by atoms with Crippen molar-refractivity contribution in [1.82, 2.24) is 0 Å². The average Bonchev–Trinajstić information content (AvgIpc) is 3.34. The molecule has 0 spiro atoms. The Morgan fingerprint density at radius 3 is 2.58 bits per heavy atom. The van der Waals surface area contributed by atoms with E-state index in [1.165, 1.54) is 0 Å². The molecule has 2 aliphatic heterocycles. The Labute approximate surface area is 179 Å². The molecule has 2 aliphatic rings. The highest BCUT2D eigenvalue weighted by Crippen LogP contribution is 2.49. The molecule has 2 saturated heterocycles. The third-order valence-corrected chi connectivity index (χ3v) is 6.57. The topological polar surface area (TPSA) is 113 Å². The first kappa shape index (κ1) is 20.6. The summed E-state index contributed by atoms with van der Waals surface area (Å²) in [6.07, 6.45) is -3.98. The highest BCUT2D eigenvalue weighted by Gasteiger charge is 2.67. The number of hydrogen-bond donors (Lipinski definition) is 4. The Bertz CT molecular complexity index is 1140. The van der Waals surface area contributed by atoms with E-state index in [0.29, 0.717) is 12.0 Å². The van der Waals surface area contributed by atoms with Gasteiger partial charge in [-0.25, -0.2) is 0 Å². The van der Waals surface area contributed by atoms with Crippen molar-refractivity contribution in [2.75, 3.05) is 13.2 Å². The van der Waals surface area contributed by atoms with Crippen LogP contribution in [0, 0.1) is 13.8 Å². The van der Waals surface area contributed by atoms with Crippen molar-refractivity contribution in [3.63, 3.8) is 0 Å². The van der Waals surface area contributed by atoms with Crippen molar-refractivity contribution in [2.45, 2.75) is 50.0 Å². The van der Waals surface area contributed by atoms with Gasteiger partial charge in [-0.05, 0) is 49.2 Å². The predicted octanol–water partition coefficient (Wildman–Crippen LogP) is 1.67. The minimum absolute atomic E-state index is 0.148. The van der Waals surface area contributed by atoms with Crippen LogP contribution in [0.4, 0.5) is 0 Å². The molecule has 7 heteroatoms. The van der Waals surface area contributed by atoms with Gasteiger partial charge in [-0.1, -0.05) is 23.8 Å². The van der Waals surface area contributed by atoms with Gasteiger partial charge in [0.2, 0.25) is 5.79 Å². The van der Waals surface area contributed by atoms with Gasteiger partial charge in [0.15, 0.2) is 0 Å². The van der Waals surface area contributed by atoms with Crippen LogP contribution in [0.25, 0.3) is 11.0 Å². The number of furan rings is 1. The Morgan fingerprint density at radius 2 is 1.81 bits per heavy atom. The van der Waals surface area contributed by atoms with Crippen LogP contribution in [-0.2, 0) is 21.7 Å². The minimum Gasteiger partial charge on any atom is -0.461 e. The summed E-state index contributed by atoms with van der Waals surface area (Å²) in [5.74, 6) is -0.870. The highest BCUT2D eigenvalue weighted by molar-refractivity contribution is 5.78. The van der Waals surface area contributed by atoms with Crippen LogP contribution in [0.1, 0.15) is 28.0 Å². The second kappa shape index (κ2) is 7.13. The molecule has 3 heterocycles. The van der Waals surface area contributed by atoms with E-state index in [0.717, 1.165) is 33.4 Å². The van der Waals surface area contributed by atoms with E-state index in [9.17, 15) is 20.4 Å². The fourth-order valence-corrected chi connectivity index (χ4v) is 4.65. The lowest BCUT2D eigenvalue weighted by molar-refractivity contribution is -0.329. The number of aryl methyl sites for hydroxylation is 2. The lowest BCUT2D eigenvalue weighted by atomic mass is 9.83. The molecule has 0 unspecified atom stereocenters.